The van der Waals surface area contributed by atoms with Crippen LogP contribution >= 0.6 is 0 Å². The predicted molar refractivity (Wildman–Crippen MR) is 101 cm³/mol. The Balaban J connectivity index is 0.00000338. The molecule has 1 heterocycles. The van der Waals surface area contributed by atoms with Crippen molar-refractivity contribution in [3.63, 3.8) is 0 Å². The molecule has 0 aliphatic carbocycles. The SMILES string of the molecule is CCCCCc1ccnc(C(N)C(=O)C(N)Cc2ccc(O)cc2)n1.O. The molecule has 0 saturated carbocycles. The normalized spacial score (nSPS) is 12.9. The zero-order valence-electron chi connectivity index (χ0n) is 15.1. The number of nitrogens with zero attached hydrogens (tertiary/aromatic N) is 2. The third kappa shape index (κ3) is 6.18. The van der Waals surface area contributed by atoms with Crippen molar-refractivity contribution in [3.05, 3.63) is 53.6 Å². The minimum atomic E-state index is -0.932. The van der Waals surface area contributed by atoms with Gasteiger partial charge in [0.15, 0.2) is 11.6 Å². The third-order valence-corrected chi connectivity index (χ3v) is 4.11. The molecule has 7 nitrogen and oxygen atoms in total. The van der Waals surface area contributed by atoms with Crippen LogP contribution in [0.25, 0.3) is 0 Å². The number of aryl methyl sites for hydroxylation is 1. The molecule has 26 heavy (non-hydrogen) atoms. The van der Waals surface area contributed by atoms with Crippen LogP contribution in [-0.4, -0.2) is 32.4 Å². The lowest BCUT2D eigenvalue weighted by molar-refractivity contribution is -0.121. The van der Waals surface area contributed by atoms with Gasteiger partial charge in [-0.05, 0) is 43.0 Å². The maximum atomic E-state index is 12.5. The summed E-state index contributed by atoms with van der Waals surface area (Å²) in [5.74, 6) is 0.201. The van der Waals surface area contributed by atoms with Gasteiger partial charge < -0.3 is 22.1 Å². The van der Waals surface area contributed by atoms with Crippen molar-refractivity contribution >= 4 is 5.78 Å². The topological polar surface area (TPSA) is 147 Å². The van der Waals surface area contributed by atoms with Crippen LogP contribution in [0.4, 0.5) is 0 Å². The molecule has 0 saturated heterocycles. The summed E-state index contributed by atoms with van der Waals surface area (Å²) in [6.07, 6.45) is 6.18. The van der Waals surface area contributed by atoms with Crippen LogP contribution in [0.5, 0.6) is 5.75 Å². The molecule has 7 heteroatoms. The summed E-state index contributed by atoms with van der Waals surface area (Å²) in [5.41, 5.74) is 13.8. The van der Waals surface area contributed by atoms with Gasteiger partial charge in [0.25, 0.3) is 0 Å². The Kier molecular flexibility index (Phi) is 8.84. The molecular weight excluding hydrogens is 332 g/mol. The molecule has 2 aromatic rings. The maximum Gasteiger partial charge on any atom is 0.174 e. The van der Waals surface area contributed by atoms with Gasteiger partial charge in [-0.25, -0.2) is 9.97 Å². The van der Waals surface area contributed by atoms with Gasteiger partial charge >= 0.3 is 0 Å². The predicted octanol–water partition coefficient (Wildman–Crippen LogP) is 1.23. The Morgan fingerprint density at radius 2 is 1.85 bits per heavy atom. The highest BCUT2D eigenvalue weighted by molar-refractivity contribution is 5.89. The molecule has 2 unspecified atom stereocenters. The molecule has 1 aromatic carbocycles. The molecule has 0 aliphatic rings. The second-order valence-corrected chi connectivity index (χ2v) is 6.22. The van der Waals surface area contributed by atoms with Crippen LogP contribution < -0.4 is 11.5 Å². The summed E-state index contributed by atoms with van der Waals surface area (Å²) in [4.78, 5) is 21.1. The minimum Gasteiger partial charge on any atom is -0.508 e. The molecule has 2 atom stereocenters. The molecule has 7 N–H and O–H groups in total. The molecule has 142 valence electrons. The van der Waals surface area contributed by atoms with Crippen molar-refractivity contribution in [2.45, 2.75) is 51.1 Å². The number of aromatic hydroxyl groups is 1. The first-order chi connectivity index (χ1) is 12.0. The van der Waals surface area contributed by atoms with E-state index < -0.39 is 12.1 Å². The van der Waals surface area contributed by atoms with Gasteiger partial charge in [-0.15, -0.1) is 0 Å². The summed E-state index contributed by atoms with van der Waals surface area (Å²) in [7, 11) is 0. The molecule has 1 aromatic heterocycles. The summed E-state index contributed by atoms with van der Waals surface area (Å²) in [6, 6.07) is 6.78. The lowest BCUT2D eigenvalue weighted by atomic mass is 9.98. The molecular formula is C19H28N4O3. The van der Waals surface area contributed by atoms with E-state index in [1.165, 1.54) is 0 Å². The number of carbonyl (C=O) groups excluding carboxylic acids is 1. The van der Waals surface area contributed by atoms with Gasteiger partial charge in [0.2, 0.25) is 0 Å². The standard InChI is InChI=1S/C19H26N4O2.H2O/c1-2-3-4-5-14-10-11-22-19(23-14)17(21)18(25)16(20)12-13-6-8-15(24)9-7-13;/h6-11,16-17,24H,2-5,12,20-21H2,1H3;1H2. The number of ketones is 1. The van der Waals surface area contributed by atoms with Gasteiger partial charge in [-0.1, -0.05) is 31.9 Å². The molecule has 0 amide bonds. The molecule has 0 radical (unpaired) electrons. The van der Waals surface area contributed by atoms with Crippen molar-refractivity contribution in [2.24, 2.45) is 11.5 Å². The molecule has 2 rings (SSSR count). The van der Waals surface area contributed by atoms with E-state index in [9.17, 15) is 9.90 Å². The van der Waals surface area contributed by atoms with E-state index in [2.05, 4.69) is 16.9 Å². The average molecular weight is 360 g/mol. The van der Waals surface area contributed by atoms with Crippen molar-refractivity contribution < 1.29 is 15.4 Å². The average Bonchev–Trinajstić information content (AvgIpc) is 2.63. The van der Waals surface area contributed by atoms with E-state index in [0.29, 0.717) is 12.2 Å². The van der Waals surface area contributed by atoms with Gasteiger partial charge in [-0.2, -0.15) is 0 Å². The number of rotatable bonds is 9. The van der Waals surface area contributed by atoms with Gasteiger partial charge in [0, 0.05) is 11.9 Å². The van der Waals surface area contributed by atoms with E-state index in [4.69, 9.17) is 11.5 Å². The van der Waals surface area contributed by atoms with Crippen LogP contribution in [0.3, 0.4) is 0 Å². The summed E-state index contributed by atoms with van der Waals surface area (Å²) >= 11 is 0. The number of unbranched alkanes of at least 4 members (excludes halogenated alkanes) is 2. The maximum absolute atomic E-state index is 12.5. The van der Waals surface area contributed by atoms with Crippen LogP contribution in [0.1, 0.15) is 49.3 Å². The van der Waals surface area contributed by atoms with Gasteiger partial charge in [0.1, 0.15) is 11.8 Å². The molecule has 0 fully saturated rings. The first-order valence-corrected chi connectivity index (χ1v) is 8.66. The van der Waals surface area contributed by atoms with E-state index >= 15 is 0 Å². The van der Waals surface area contributed by atoms with Crippen molar-refractivity contribution in [2.75, 3.05) is 0 Å². The fourth-order valence-electron chi connectivity index (χ4n) is 2.60. The fraction of sp³-hybridized carbons (Fsp3) is 0.421. The Labute approximate surface area is 153 Å². The van der Waals surface area contributed by atoms with Gasteiger partial charge in [-0.3, -0.25) is 4.79 Å². The number of aromatic nitrogens is 2. The summed E-state index contributed by atoms with van der Waals surface area (Å²) in [6.45, 7) is 2.15. The highest BCUT2D eigenvalue weighted by Crippen LogP contribution is 2.14. The second-order valence-electron chi connectivity index (χ2n) is 6.22. The zero-order valence-corrected chi connectivity index (χ0v) is 15.1. The number of nitrogens with two attached hydrogens (primary N) is 2. The smallest absolute Gasteiger partial charge is 0.174 e. The highest BCUT2D eigenvalue weighted by atomic mass is 16.3. The van der Waals surface area contributed by atoms with E-state index in [-0.39, 0.29) is 17.0 Å². The lowest BCUT2D eigenvalue weighted by Gasteiger charge is -2.16. The molecule has 0 spiro atoms. The van der Waals surface area contributed by atoms with Gasteiger partial charge in [0.05, 0.1) is 6.04 Å². The van der Waals surface area contributed by atoms with E-state index in [0.717, 1.165) is 36.9 Å². The lowest BCUT2D eigenvalue weighted by Crippen LogP contribution is -2.40. The first-order valence-electron chi connectivity index (χ1n) is 8.66. The van der Waals surface area contributed by atoms with Crippen LogP contribution in [-0.2, 0) is 17.6 Å². The Bertz CT molecular complexity index is 691. The van der Waals surface area contributed by atoms with Crippen LogP contribution in [0.15, 0.2) is 36.5 Å². The Morgan fingerprint density at radius 1 is 1.15 bits per heavy atom. The summed E-state index contributed by atoms with van der Waals surface area (Å²) < 4.78 is 0. The second kappa shape index (κ2) is 10.6. The minimum absolute atomic E-state index is 0. The number of phenolic OH excluding ortho intramolecular Hbond substituents is 1. The number of carbonyl (C=O) groups is 1. The van der Waals surface area contributed by atoms with Crippen molar-refractivity contribution in [3.8, 4) is 5.75 Å². The molecule has 0 aliphatic heterocycles. The number of phenols is 1. The van der Waals surface area contributed by atoms with E-state index in [1.807, 2.05) is 6.07 Å². The summed E-state index contributed by atoms with van der Waals surface area (Å²) in [5, 5.41) is 9.31. The number of benzene rings is 1. The first kappa shape index (κ1) is 21.7. The zero-order chi connectivity index (χ0) is 18.2. The fourth-order valence-corrected chi connectivity index (χ4v) is 2.60. The van der Waals surface area contributed by atoms with Crippen LogP contribution in [0, 0.1) is 0 Å². The monoisotopic (exact) mass is 360 g/mol. The van der Waals surface area contributed by atoms with Crippen molar-refractivity contribution in [1.29, 1.82) is 0 Å². The largest absolute Gasteiger partial charge is 0.508 e. The van der Waals surface area contributed by atoms with Crippen molar-refractivity contribution in [1.82, 2.24) is 9.97 Å². The molecule has 0 bridgehead atoms. The Morgan fingerprint density at radius 3 is 2.50 bits per heavy atom. The van der Waals surface area contributed by atoms with E-state index in [1.54, 1.807) is 30.5 Å². The number of hydrogen-bond donors (Lipinski definition) is 3. The third-order valence-electron chi connectivity index (χ3n) is 4.11. The number of hydrogen-bond acceptors (Lipinski definition) is 6. The quantitative estimate of drug-likeness (QED) is 0.573. The number of Topliss-reactive ketones (excluding diaryl/α,β-unsaturated/α-hetero) is 1. The van der Waals surface area contributed by atoms with Crippen LogP contribution in [0.2, 0.25) is 0 Å². The highest BCUT2D eigenvalue weighted by Gasteiger charge is 2.25. The Hall–Kier alpha value is -2.35.